The zero-order chi connectivity index (χ0) is 15.6. The van der Waals surface area contributed by atoms with Gasteiger partial charge < -0.3 is 9.84 Å². The van der Waals surface area contributed by atoms with Crippen LogP contribution in [-0.2, 0) is 25.9 Å². The lowest BCUT2D eigenvalue weighted by Gasteiger charge is -2.23. The first-order chi connectivity index (χ1) is 11.3. The van der Waals surface area contributed by atoms with Gasteiger partial charge in [-0.2, -0.15) is 5.10 Å². The molecule has 0 spiro atoms. The van der Waals surface area contributed by atoms with Crippen LogP contribution in [0.3, 0.4) is 0 Å². The number of rotatable bonds is 5. The Balaban J connectivity index is 1.36. The first-order valence-electron chi connectivity index (χ1n) is 7.97. The van der Waals surface area contributed by atoms with Crippen LogP contribution < -0.4 is 5.32 Å². The summed E-state index contributed by atoms with van der Waals surface area (Å²) in [5.41, 5.74) is 0.937. The molecule has 0 fully saturated rings. The van der Waals surface area contributed by atoms with E-state index in [2.05, 4.69) is 27.5 Å². The highest BCUT2D eigenvalue weighted by atomic mass is 32.1. The van der Waals surface area contributed by atoms with E-state index in [0.29, 0.717) is 12.6 Å². The molecule has 0 unspecified atom stereocenters. The van der Waals surface area contributed by atoms with Crippen LogP contribution in [0.2, 0.25) is 0 Å². The van der Waals surface area contributed by atoms with Crippen molar-refractivity contribution in [2.24, 2.45) is 0 Å². The largest absolute Gasteiger partial charge is 0.355 e. The van der Waals surface area contributed by atoms with Gasteiger partial charge in [0.05, 0.1) is 17.1 Å². The lowest BCUT2D eigenvalue weighted by Crippen LogP contribution is -2.37. The SMILES string of the molecule is CCc1nc2n(n1)C[C@@H](NCc1cc(-c3cccs3)on1)CC2. The third-order valence-corrected chi connectivity index (χ3v) is 5.00. The number of hydrogen-bond acceptors (Lipinski definition) is 6. The summed E-state index contributed by atoms with van der Waals surface area (Å²) in [7, 11) is 0. The lowest BCUT2D eigenvalue weighted by atomic mass is 10.1. The van der Waals surface area contributed by atoms with E-state index in [1.54, 1.807) is 11.3 Å². The van der Waals surface area contributed by atoms with Crippen molar-refractivity contribution in [2.45, 2.75) is 45.3 Å². The quantitative estimate of drug-likeness (QED) is 0.779. The van der Waals surface area contributed by atoms with Gasteiger partial charge in [-0.25, -0.2) is 9.67 Å². The second-order valence-electron chi connectivity index (χ2n) is 5.76. The van der Waals surface area contributed by atoms with Gasteiger partial charge in [0.25, 0.3) is 0 Å². The molecule has 0 saturated heterocycles. The van der Waals surface area contributed by atoms with Crippen LogP contribution in [0.5, 0.6) is 0 Å². The molecule has 3 aromatic heterocycles. The molecule has 0 bridgehead atoms. The summed E-state index contributed by atoms with van der Waals surface area (Å²) in [4.78, 5) is 5.66. The summed E-state index contributed by atoms with van der Waals surface area (Å²) in [6.07, 6.45) is 2.95. The van der Waals surface area contributed by atoms with Gasteiger partial charge in [0.15, 0.2) is 11.6 Å². The Morgan fingerprint density at radius 2 is 2.43 bits per heavy atom. The smallest absolute Gasteiger partial charge is 0.177 e. The van der Waals surface area contributed by atoms with Crippen LogP contribution in [0.1, 0.15) is 30.7 Å². The Morgan fingerprint density at radius 3 is 3.26 bits per heavy atom. The number of nitrogens with zero attached hydrogens (tertiary/aromatic N) is 4. The van der Waals surface area contributed by atoms with Crippen molar-refractivity contribution in [3.05, 3.63) is 40.9 Å². The number of fused-ring (bicyclic) bond motifs is 1. The maximum Gasteiger partial charge on any atom is 0.177 e. The van der Waals surface area contributed by atoms with Crippen LogP contribution in [0.25, 0.3) is 10.6 Å². The molecule has 0 aliphatic carbocycles. The molecule has 7 heteroatoms. The predicted molar refractivity (Wildman–Crippen MR) is 88.2 cm³/mol. The molecule has 1 atom stereocenters. The van der Waals surface area contributed by atoms with Gasteiger partial charge in [-0.15, -0.1) is 11.3 Å². The summed E-state index contributed by atoms with van der Waals surface area (Å²) < 4.78 is 7.46. The zero-order valence-electron chi connectivity index (χ0n) is 13.0. The number of aryl methyl sites for hydroxylation is 2. The molecule has 3 aromatic rings. The molecule has 1 N–H and O–H groups in total. The van der Waals surface area contributed by atoms with Crippen molar-refractivity contribution in [3.8, 4) is 10.6 Å². The lowest BCUT2D eigenvalue weighted by molar-refractivity contribution is 0.350. The molecule has 1 aliphatic heterocycles. The molecule has 0 amide bonds. The molecular formula is C16H19N5OS. The topological polar surface area (TPSA) is 68.8 Å². The van der Waals surface area contributed by atoms with E-state index in [-0.39, 0.29) is 0 Å². The third-order valence-electron chi connectivity index (χ3n) is 4.11. The van der Waals surface area contributed by atoms with Crippen LogP contribution in [0, 0.1) is 0 Å². The normalized spacial score (nSPS) is 17.3. The second-order valence-corrected chi connectivity index (χ2v) is 6.70. The number of thiophene rings is 1. The van der Waals surface area contributed by atoms with Crippen molar-refractivity contribution in [1.29, 1.82) is 0 Å². The van der Waals surface area contributed by atoms with Crippen LogP contribution in [0.15, 0.2) is 28.1 Å². The average molecular weight is 329 g/mol. The maximum absolute atomic E-state index is 5.42. The van der Waals surface area contributed by atoms with Crippen molar-refractivity contribution >= 4 is 11.3 Å². The fourth-order valence-corrected chi connectivity index (χ4v) is 3.53. The van der Waals surface area contributed by atoms with E-state index in [0.717, 1.165) is 53.8 Å². The van der Waals surface area contributed by atoms with Crippen LogP contribution in [-0.4, -0.2) is 26.0 Å². The van der Waals surface area contributed by atoms with Gasteiger partial charge in [-0.1, -0.05) is 18.1 Å². The minimum Gasteiger partial charge on any atom is -0.355 e. The highest BCUT2D eigenvalue weighted by Crippen LogP contribution is 2.25. The molecule has 4 rings (SSSR count). The van der Waals surface area contributed by atoms with Gasteiger partial charge in [0, 0.05) is 31.5 Å². The van der Waals surface area contributed by atoms with Crippen LogP contribution >= 0.6 is 11.3 Å². The summed E-state index contributed by atoms with van der Waals surface area (Å²) in [5.74, 6) is 2.89. The molecule has 4 heterocycles. The van der Waals surface area contributed by atoms with Crippen molar-refractivity contribution in [1.82, 2.24) is 25.2 Å². The second kappa shape index (κ2) is 6.25. The van der Waals surface area contributed by atoms with E-state index in [1.165, 1.54) is 0 Å². The van der Waals surface area contributed by atoms with Gasteiger partial charge in [0.2, 0.25) is 0 Å². The van der Waals surface area contributed by atoms with Gasteiger partial charge in [-0.3, -0.25) is 0 Å². The van der Waals surface area contributed by atoms with E-state index >= 15 is 0 Å². The Kier molecular flexibility index (Phi) is 3.97. The number of nitrogens with one attached hydrogen (secondary N) is 1. The molecule has 1 aliphatic rings. The monoisotopic (exact) mass is 329 g/mol. The molecule has 120 valence electrons. The van der Waals surface area contributed by atoms with Gasteiger partial charge in [-0.05, 0) is 17.9 Å². The minimum absolute atomic E-state index is 0.399. The van der Waals surface area contributed by atoms with Crippen molar-refractivity contribution in [2.75, 3.05) is 0 Å². The average Bonchev–Trinajstić information content (AvgIpc) is 3.30. The molecule has 23 heavy (non-hydrogen) atoms. The van der Waals surface area contributed by atoms with Crippen molar-refractivity contribution in [3.63, 3.8) is 0 Å². The van der Waals surface area contributed by atoms with Gasteiger partial charge >= 0.3 is 0 Å². The fourth-order valence-electron chi connectivity index (χ4n) is 2.86. The number of hydrogen-bond donors (Lipinski definition) is 1. The predicted octanol–water partition coefficient (Wildman–Crippen LogP) is 2.66. The first-order valence-corrected chi connectivity index (χ1v) is 8.85. The standard InChI is InChI=1S/C16H19N5OS/c1-2-15-18-16-6-5-11(10-21(16)19-15)17-9-12-8-13(22-20-12)14-4-3-7-23-14/h3-4,7-8,11,17H,2,5-6,9-10H2,1H3/t11-/m0/s1. The maximum atomic E-state index is 5.42. The Hall–Kier alpha value is -1.99. The first kappa shape index (κ1) is 14.6. The summed E-state index contributed by atoms with van der Waals surface area (Å²) in [6, 6.07) is 6.47. The van der Waals surface area contributed by atoms with E-state index in [9.17, 15) is 0 Å². The van der Waals surface area contributed by atoms with Crippen molar-refractivity contribution < 1.29 is 4.52 Å². The molecule has 0 saturated carbocycles. The molecular weight excluding hydrogens is 310 g/mol. The fraction of sp³-hybridized carbons (Fsp3) is 0.438. The molecule has 0 radical (unpaired) electrons. The molecule has 6 nitrogen and oxygen atoms in total. The van der Waals surface area contributed by atoms with E-state index < -0.39 is 0 Å². The summed E-state index contributed by atoms with van der Waals surface area (Å²) in [6.45, 7) is 3.68. The van der Waals surface area contributed by atoms with Gasteiger partial charge in [0.1, 0.15) is 5.82 Å². The zero-order valence-corrected chi connectivity index (χ0v) is 13.8. The molecule has 0 aromatic carbocycles. The van der Waals surface area contributed by atoms with Crippen LogP contribution in [0.4, 0.5) is 0 Å². The third kappa shape index (κ3) is 3.07. The number of aromatic nitrogens is 4. The van der Waals surface area contributed by atoms with E-state index in [4.69, 9.17) is 4.52 Å². The highest BCUT2D eigenvalue weighted by molar-refractivity contribution is 7.13. The minimum atomic E-state index is 0.399. The Morgan fingerprint density at radius 1 is 1.48 bits per heavy atom. The summed E-state index contributed by atoms with van der Waals surface area (Å²) >= 11 is 1.66. The summed E-state index contributed by atoms with van der Waals surface area (Å²) in [5, 5.41) is 14.3. The Bertz CT molecular complexity index is 776. The Labute approximate surface area is 138 Å². The van der Waals surface area contributed by atoms with E-state index in [1.807, 2.05) is 28.3 Å². The highest BCUT2D eigenvalue weighted by Gasteiger charge is 2.21.